The van der Waals surface area contributed by atoms with Crippen LogP contribution >= 0.6 is 0 Å². The van der Waals surface area contributed by atoms with Gasteiger partial charge in [0.15, 0.2) is 23.0 Å². The SMILES string of the molecule is Cc1ccc(-c2cc(C(=O)Nc3ccc4c(c3)OC(C)(C)O4)n[nH]2)o1. The molecule has 0 bridgehead atoms. The molecule has 7 heteroatoms. The van der Waals surface area contributed by atoms with E-state index in [1.54, 1.807) is 24.3 Å². The largest absolute Gasteiger partial charge is 0.460 e. The Bertz CT molecular complexity index is 955. The summed E-state index contributed by atoms with van der Waals surface area (Å²) in [6.45, 7) is 5.51. The molecule has 1 aliphatic rings. The Morgan fingerprint density at radius 3 is 2.68 bits per heavy atom. The first-order valence-corrected chi connectivity index (χ1v) is 7.85. The Hall–Kier alpha value is -3.22. The molecule has 4 rings (SSSR count). The van der Waals surface area contributed by atoms with Gasteiger partial charge in [-0.3, -0.25) is 9.89 Å². The van der Waals surface area contributed by atoms with Crippen LogP contribution in [0.3, 0.4) is 0 Å². The zero-order chi connectivity index (χ0) is 17.6. The summed E-state index contributed by atoms with van der Waals surface area (Å²) in [5.74, 6) is 1.63. The first kappa shape index (κ1) is 15.3. The highest BCUT2D eigenvalue weighted by atomic mass is 16.7. The standard InChI is InChI=1S/C18H17N3O4/c1-10-4-6-14(23-10)12-9-13(21-20-12)17(22)19-11-5-7-15-16(8-11)25-18(2,3)24-15/h4-9H,1-3H3,(H,19,22)(H,20,21). The quantitative estimate of drug-likeness (QED) is 0.759. The van der Waals surface area contributed by atoms with Crippen LogP contribution < -0.4 is 14.8 Å². The number of carbonyl (C=O) groups excluding carboxylic acids is 1. The number of fused-ring (bicyclic) bond motifs is 1. The van der Waals surface area contributed by atoms with Gasteiger partial charge in [0, 0.05) is 31.7 Å². The Balaban J connectivity index is 1.51. The smallest absolute Gasteiger partial charge is 0.276 e. The minimum atomic E-state index is -0.705. The molecule has 0 aliphatic carbocycles. The maximum absolute atomic E-state index is 12.4. The van der Waals surface area contributed by atoms with Crippen LogP contribution in [-0.2, 0) is 0 Å². The fourth-order valence-corrected chi connectivity index (χ4v) is 2.64. The molecule has 2 N–H and O–H groups in total. The van der Waals surface area contributed by atoms with Crippen LogP contribution in [0.5, 0.6) is 11.5 Å². The lowest BCUT2D eigenvalue weighted by molar-refractivity contribution is -0.0431. The van der Waals surface area contributed by atoms with Crippen molar-refractivity contribution in [3.63, 3.8) is 0 Å². The van der Waals surface area contributed by atoms with E-state index in [1.165, 1.54) is 0 Å². The van der Waals surface area contributed by atoms with Crippen molar-refractivity contribution in [2.24, 2.45) is 0 Å². The summed E-state index contributed by atoms with van der Waals surface area (Å²) in [4.78, 5) is 12.4. The van der Waals surface area contributed by atoms with Gasteiger partial charge in [-0.25, -0.2) is 0 Å². The van der Waals surface area contributed by atoms with Crippen LogP contribution in [0, 0.1) is 6.92 Å². The van der Waals surface area contributed by atoms with Crippen molar-refractivity contribution in [3.8, 4) is 23.0 Å². The third kappa shape index (κ3) is 2.96. The van der Waals surface area contributed by atoms with Gasteiger partial charge in [-0.1, -0.05) is 0 Å². The molecule has 3 aromatic rings. The van der Waals surface area contributed by atoms with E-state index in [1.807, 2.05) is 32.9 Å². The zero-order valence-corrected chi connectivity index (χ0v) is 14.0. The van der Waals surface area contributed by atoms with Gasteiger partial charge in [0.2, 0.25) is 5.79 Å². The van der Waals surface area contributed by atoms with E-state index in [2.05, 4.69) is 15.5 Å². The number of amides is 1. The predicted octanol–water partition coefficient (Wildman–Crippen LogP) is 3.74. The Kier molecular flexibility index (Phi) is 3.31. The summed E-state index contributed by atoms with van der Waals surface area (Å²) >= 11 is 0. The third-order valence-corrected chi connectivity index (χ3v) is 3.73. The van der Waals surface area contributed by atoms with Gasteiger partial charge in [0.25, 0.3) is 5.91 Å². The molecule has 3 heterocycles. The lowest BCUT2D eigenvalue weighted by Gasteiger charge is -2.16. The molecule has 0 spiro atoms. The van der Waals surface area contributed by atoms with Crippen LogP contribution in [0.25, 0.3) is 11.5 Å². The van der Waals surface area contributed by atoms with Crippen LogP contribution in [0.15, 0.2) is 40.8 Å². The van der Waals surface area contributed by atoms with Crippen LogP contribution in [0.4, 0.5) is 5.69 Å². The number of carbonyl (C=O) groups is 1. The minimum absolute atomic E-state index is 0.266. The molecule has 2 aromatic heterocycles. The number of aromatic amines is 1. The number of aryl methyl sites for hydroxylation is 1. The maximum Gasteiger partial charge on any atom is 0.276 e. The number of aromatic nitrogens is 2. The molecule has 1 aliphatic heterocycles. The Morgan fingerprint density at radius 1 is 1.12 bits per heavy atom. The zero-order valence-electron chi connectivity index (χ0n) is 14.0. The van der Waals surface area contributed by atoms with Crippen molar-refractivity contribution in [3.05, 3.63) is 47.9 Å². The van der Waals surface area contributed by atoms with Gasteiger partial charge < -0.3 is 19.2 Å². The predicted molar refractivity (Wildman–Crippen MR) is 90.8 cm³/mol. The van der Waals surface area contributed by atoms with E-state index in [9.17, 15) is 4.79 Å². The molecule has 0 atom stereocenters. The number of anilines is 1. The highest BCUT2D eigenvalue weighted by Crippen LogP contribution is 2.40. The second kappa shape index (κ2) is 5.41. The monoisotopic (exact) mass is 339 g/mol. The molecule has 0 fully saturated rings. The van der Waals surface area contributed by atoms with Gasteiger partial charge in [-0.2, -0.15) is 5.10 Å². The average molecular weight is 339 g/mol. The summed E-state index contributed by atoms with van der Waals surface area (Å²) in [5, 5.41) is 9.64. The first-order chi connectivity index (χ1) is 11.9. The number of benzene rings is 1. The van der Waals surface area contributed by atoms with E-state index < -0.39 is 5.79 Å². The van der Waals surface area contributed by atoms with Crippen LogP contribution in [0.1, 0.15) is 30.1 Å². The minimum Gasteiger partial charge on any atom is -0.460 e. The van der Waals surface area contributed by atoms with Crippen molar-refractivity contribution >= 4 is 11.6 Å². The van der Waals surface area contributed by atoms with Crippen molar-refractivity contribution in [2.45, 2.75) is 26.6 Å². The van der Waals surface area contributed by atoms with Crippen LogP contribution in [0.2, 0.25) is 0 Å². The Labute approximate surface area is 143 Å². The number of H-pyrrole nitrogens is 1. The van der Waals surface area contributed by atoms with Crippen LogP contribution in [-0.4, -0.2) is 21.9 Å². The average Bonchev–Trinajstić information content (AvgIpc) is 3.23. The maximum atomic E-state index is 12.4. The third-order valence-electron chi connectivity index (χ3n) is 3.73. The van der Waals surface area contributed by atoms with Crippen molar-refractivity contribution in [2.75, 3.05) is 5.32 Å². The molecular formula is C18H17N3O4. The normalized spacial score (nSPS) is 14.5. The van der Waals surface area contributed by atoms with Gasteiger partial charge in [0.1, 0.15) is 11.5 Å². The van der Waals surface area contributed by atoms with Gasteiger partial charge in [-0.05, 0) is 31.2 Å². The summed E-state index contributed by atoms with van der Waals surface area (Å²) < 4.78 is 16.8. The molecule has 0 saturated heterocycles. The molecule has 25 heavy (non-hydrogen) atoms. The number of nitrogens with one attached hydrogen (secondary N) is 2. The molecule has 1 amide bonds. The molecular weight excluding hydrogens is 322 g/mol. The van der Waals surface area contributed by atoms with E-state index >= 15 is 0 Å². The fourth-order valence-electron chi connectivity index (χ4n) is 2.64. The highest BCUT2D eigenvalue weighted by Gasteiger charge is 2.31. The lowest BCUT2D eigenvalue weighted by atomic mass is 10.2. The van der Waals surface area contributed by atoms with E-state index in [0.29, 0.717) is 28.6 Å². The number of furan rings is 1. The number of ether oxygens (including phenoxy) is 2. The summed E-state index contributed by atoms with van der Waals surface area (Å²) in [6.07, 6.45) is 0. The molecule has 0 saturated carbocycles. The Morgan fingerprint density at radius 2 is 1.92 bits per heavy atom. The highest BCUT2D eigenvalue weighted by molar-refractivity contribution is 6.03. The van der Waals surface area contributed by atoms with Crippen molar-refractivity contribution < 1.29 is 18.7 Å². The number of nitrogens with zero attached hydrogens (tertiary/aromatic N) is 1. The van der Waals surface area contributed by atoms with Crippen molar-refractivity contribution in [1.82, 2.24) is 10.2 Å². The lowest BCUT2D eigenvalue weighted by Crippen LogP contribution is -2.29. The number of hydrogen-bond donors (Lipinski definition) is 2. The molecule has 0 unspecified atom stereocenters. The first-order valence-electron chi connectivity index (χ1n) is 7.85. The van der Waals surface area contributed by atoms with Gasteiger partial charge in [0.05, 0.1) is 0 Å². The molecule has 7 nitrogen and oxygen atoms in total. The summed E-state index contributed by atoms with van der Waals surface area (Å²) in [6, 6.07) is 10.6. The van der Waals surface area contributed by atoms with Gasteiger partial charge >= 0.3 is 0 Å². The van der Waals surface area contributed by atoms with Crippen molar-refractivity contribution in [1.29, 1.82) is 0 Å². The number of rotatable bonds is 3. The van der Waals surface area contributed by atoms with E-state index in [4.69, 9.17) is 13.9 Å². The number of hydrogen-bond acceptors (Lipinski definition) is 5. The van der Waals surface area contributed by atoms with E-state index in [-0.39, 0.29) is 11.6 Å². The van der Waals surface area contributed by atoms with Gasteiger partial charge in [-0.15, -0.1) is 0 Å². The molecule has 0 radical (unpaired) electrons. The molecule has 1 aromatic carbocycles. The topological polar surface area (TPSA) is 89.4 Å². The molecule has 128 valence electrons. The summed E-state index contributed by atoms with van der Waals surface area (Å²) in [7, 11) is 0. The summed E-state index contributed by atoms with van der Waals surface area (Å²) in [5.41, 5.74) is 1.51. The fraction of sp³-hybridized carbons (Fsp3) is 0.222. The van der Waals surface area contributed by atoms with E-state index in [0.717, 1.165) is 5.76 Å². The second-order valence-electron chi connectivity index (χ2n) is 6.30. The second-order valence-corrected chi connectivity index (χ2v) is 6.30.